The average Bonchev–Trinajstić information content (AvgIpc) is 3.40. The molecular weight excluding hydrogens is 565 g/mol. The summed E-state index contributed by atoms with van der Waals surface area (Å²) in [4.78, 5) is 26.9. The molecule has 1 saturated carbocycles. The molecule has 4 rings (SSSR count). The number of nitrogens with zero attached hydrogens (tertiary/aromatic N) is 3. The number of carbonyl (C=O) groups excluding carboxylic acids is 1. The van der Waals surface area contributed by atoms with Gasteiger partial charge in [0, 0.05) is 29.7 Å². The molecule has 0 saturated heterocycles. The van der Waals surface area contributed by atoms with Crippen LogP contribution in [0.25, 0.3) is 11.0 Å². The second kappa shape index (κ2) is 12.8. The van der Waals surface area contributed by atoms with Crippen LogP contribution in [0.3, 0.4) is 0 Å². The van der Waals surface area contributed by atoms with Crippen LogP contribution >= 0.6 is 0 Å². The molecule has 0 aliphatic heterocycles. The summed E-state index contributed by atoms with van der Waals surface area (Å²) < 4.78 is 23.6. The summed E-state index contributed by atoms with van der Waals surface area (Å²) in [6, 6.07) is 8.08. The van der Waals surface area contributed by atoms with Gasteiger partial charge in [-0.15, -0.1) is 5.54 Å². The van der Waals surface area contributed by atoms with Gasteiger partial charge in [0.15, 0.2) is 15.5 Å². The summed E-state index contributed by atoms with van der Waals surface area (Å²) in [7, 11) is -5.33. The van der Waals surface area contributed by atoms with Gasteiger partial charge in [-0.2, -0.15) is 4.98 Å². The Morgan fingerprint density at radius 3 is 2.17 bits per heavy atom. The van der Waals surface area contributed by atoms with Gasteiger partial charge in [-0.3, -0.25) is 5.32 Å². The third-order valence-electron chi connectivity index (χ3n) is 8.32. The highest BCUT2D eigenvalue weighted by atomic mass is 32.2. The first-order valence-electron chi connectivity index (χ1n) is 14.6. The molecule has 0 atom stereocenters. The van der Waals surface area contributed by atoms with E-state index >= 15 is 0 Å². The zero-order chi connectivity index (χ0) is 30.7. The molecule has 0 radical (unpaired) electrons. The molecule has 2 amide bonds. The second-order valence-electron chi connectivity index (χ2n) is 12.1. The number of urea groups is 1. The van der Waals surface area contributed by atoms with Crippen LogP contribution < -0.4 is 16.0 Å². The van der Waals surface area contributed by atoms with Gasteiger partial charge in [0.2, 0.25) is 5.95 Å². The minimum Gasteiger partial charge on any atom is -0.335 e. The van der Waals surface area contributed by atoms with Crippen LogP contribution in [0.15, 0.2) is 41.4 Å². The lowest BCUT2D eigenvalue weighted by Gasteiger charge is -2.38. The van der Waals surface area contributed by atoms with Crippen LogP contribution in [-0.4, -0.2) is 49.8 Å². The van der Waals surface area contributed by atoms with Gasteiger partial charge in [0.25, 0.3) is 0 Å². The molecule has 1 aliphatic rings. The van der Waals surface area contributed by atoms with Gasteiger partial charge in [-0.25, -0.2) is 23.2 Å². The molecule has 0 unspecified atom stereocenters. The maximum absolute atomic E-state index is 12.8. The van der Waals surface area contributed by atoms with Gasteiger partial charge < -0.3 is 10.6 Å². The van der Waals surface area contributed by atoms with Crippen LogP contribution in [0.5, 0.6) is 0 Å². The van der Waals surface area contributed by atoms with Crippen LogP contribution in [0.4, 0.5) is 22.2 Å². The van der Waals surface area contributed by atoms with Crippen LogP contribution in [-0.2, 0) is 9.84 Å². The molecule has 1 aliphatic carbocycles. The van der Waals surface area contributed by atoms with E-state index in [0.29, 0.717) is 45.1 Å². The zero-order valence-electron chi connectivity index (χ0n) is 25.6. The Hall–Kier alpha value is -3.49. The van der Waals surface area contributed by atoms with Crippen molar-refractivity contribution in [1.29, 1.82) is 0 Å². The van der Waals surface area contributed by atoms with Gasteiger partial charge in [0.1, 0.15) is 13.9 Å². The molecule has 224 valence electrons. The van der Waals surface area contributed by atoms with Crippen molar-refractivity contribution in [2.24, 2.45) is 0 Å². The van der Waals surface area contributed by atoms with Gasteiger partial charge in [-0.1, -0.05) is 60.3 Å². The predicted octanol–water partition coefficient (Wildman–Crippen LogP) is 6.81. The Morgan fingerprint density at radius 1 is 0.976 bits per heavy atom. The van der Waals surface area contributed by atoms with Gasteiger partial charge in [0.05, 0.1) is 10.3 Å². The number of fused-ring (bicyclic) bond motifs is 1. The van der Waals surface area contributed by atoms with E-state index in [2.05, 4.69) is 83.9 Å². The van der Waals surface area contributed by atoms with E-state index in [1.807, 2.05) is 6.07 Å². The first-order valence-corrected chi connectivity index (χ1v) is 18.8. The summed E-state index contributed by atoms with van der Waals surface area (Å²) in [5.41, 5.74) is 6.92. The number of rotatable bonds is 8. The highest BCUT2D eigenvalue weighted by molar-refractivity contribution is 7.90. The number of anilines is 3. The molecule has 11 heteroatoms. The SMILES string of the molecule is CC(C)[Si](C#Cc1cc(NC(=O)NC2CCCC2)nc2nc(Nc3ccc(S(C)(=O)=O)cc3)ncc12)(C(C)C)C(C)C. The summed E-state index contributed by atoms with van der Waals surface area (Å²) in [5, 5.41) is 9.76. The molecule has 9 nitrogen and oxygen atoms in total. The first kappa shape index (κ1) is 31.4. The van der Waals surface area contributed by atoms with E-state index in [0.717, 1.165) is 31.2 Å². The van der Waals surface area contributed by atoms with Crippen molar-refractivity contribution < 1.29 is 13.2 Å². The zero-order valence-corrected chi connectivity index (χ0v) is 27.4. The summed E-state index contributed by atoms with van der Waals surface area (Å²) in [6.07, 6.45) is 7.07. The fourth-order valence-electron chi connectivity index (χ4n) is 6.17. The van der Waals surface area contributed by atoms with E-state index in [1.54, 1.807) is 18.3 Å². The Labute approximate surface area is 250 Å². The topological polar surface area (TPSA) is 126 Å². The van der Waals surface area contributed by atoms with Crippen LogP contribution in [0.2, 0.25) is 16.6 Å². The number of nitrogens with one attached hydrogen (secondary N) is 3. The molecule has 3 N–H and O–H groups in total. The number of hydrogen-bond acceptors (Lipinski definition) is 7. The molecule has 1 aromatic carbocycles. The Balaban J connectivity index is 1.74. The molecule has 0 spiro atoms. The molecule has 1 fully saturated rings. The van der Waals surface area contributed by atoms with Crippen molar-refractivity contribution in [3.8, 4) is 11.5 Å². The van der Waals surface area contributed by atoms with Crippen molar-refractivity contribution in [1.82, 2.24) is 20.3 Å². The quantitative estimate of drug-likeness (QED) is 0.190. The normalized spacial score (nSPS) is 14.3. The smallest absolute Gasteiger partial charge is 0.320 e. The Kier molecular flexibility index (Phi) is 9.58. The molecule has 2 aromatic heterocycles. The average molecular weight is 607 g/mol. The number of aromatic nitrogens is 3. The third kappa shape index (κ3) is 7.10. The monoisotopic (exact) mass is 606 g/mol. The highest BCUT2D eigenvalue weighted by Crippen LogP contribution is 2.41. The standard InChI is InChI=1S/C31H42N6O3SSi/c1-20(2)42(21(3)4,22(5)6)17-16-23-18-28(36-31(38)34-24-10-8-9-11-24)35-29-27(23)19-32-30(37-29)33-25-12-14-26(15-13-25)41(7,39)40/h12-15,18-22,24H,8-11H2,1-7H3,(H3,32,33,34,35,36,37,38). The lowest BCUT2D eigenvalue weighted by Crippen LogP contribution is -2.43. The Morgan fingerprint density at radius 2 is 1.60 bits per heavy atom. The van der Waals surface area contributed by atoms with E-state index in [-0.39, 0.29) is 17.0 Å². The number of carbonyl (C=O) groups is 1. The van der Waals surface area contributed by atoms with Crippen LogP contribution in [0, 0.1) is 11.5 Å². The maximum atomic E-state index is 12.8. The summed E-state index contributed by atoms with van der Waals surface area (Å²) >= 11 is 0. The summed E-state index contributed by atoms with van der Waals surface area (Å²) in [5.74, 6) is 4.16. The fourth-order valence-corrected chi connectivity index (χ4v) is 12.0. The van der Waals surface area contributed by atoms with Crippen molar-refractivity contribution in [2.75, 3.05) is 16.9 Å². The largest absolute Gasteiger partial charge is 0.335 e. The number of hydrogen-bond donors (Lipinski definition) is 3. The predicted molar refractivity (Wildman–Crippen MR) is 173 cm³/mol. The minimum absolute atomic E-state index is 0.173. The van der Waals surface area contributed by atoms with Crippen LogP contribution in [0.1, 0.15) is 72.8 Å². The van der Waals surface area contributed by atoms with Gasteiger partial charge in [-0.05, 0) is 59.8 Å². The first-order chi connectivity index (χ1) is 19.8. The lowest BCUT2D eigenvalue weighted by atomic mass is 10.2. The van der Waals surface area contributed by atoms with Crippen molar-refractivity contribution >= 4 is 52.4 Å². The van der Waals surface area contributed by atoms with E-state index in [9.17, 15) is 13.2 Å². The highest BCUT2D eigenvalue weighted by Gasteiger charge is 2.41. The third-order valence-corrected chi connectivity index (χ3v) is 15.7. The summed E-state index contributed by atoms with van der Waals surface area (Å²) in [6.45, 7) is 13.6. The van der Waals surface area contributed by atoms with Crippen molar-refractivity contribution in [3.05, 3.63) is 42.1 Å². The molecule has 0 bridgehead atoms. The Bertz CT molecular complexity index is 1580. The fraction of sp³-hybridized carbons (Fsp3) is 0.484. The molecule has 2 heterocycles. The maximum Gasteiger partial charge on any atom is 0.320 e. The van der Waals surface area contributed by atoms with E-state index in [4.69, 9.17) is 0 Å². The lowest BCUT2D eigenvalue weighted by molar-refractivity contribution is 0.248. The van der Waals surface area contributed by atoms with E-state index in [1.165, 1.54) is 18.4 Å². The number of amides is 2. The van der Waals surface area contributed by atoms with E-state index < -0.39 is 17.9 Å². The second-order valence-corrected chi connectivity index (χ2v) is 19.7. The molecule has 42 heavy (non-hydrogen) atoms. The number of benzene rings is 1. The number of sulfone groups is 1. The number of pyridine rings is 1. The molecular formula is C31H42N6O3SSi. The minimum atomic E-state index is -3.30. The van der Waals surface area contributed by atoms with Crippen molar-refractivity contribution in [2.45, 2.75) is 94.8 Å². The van der Waals surface area contributed by atoms with Gasteiger partial charge >= 0.3 is 6.03 Å². The molecule has 3 aromatic rings. The van der Waals surface area contributed by atoms with Crippen molar-refractivity contribution in [3.63, 3.8) is 0 Å².